The van der Waals surface area contributed by atoms with E-state index in [4.69, 9.17) is 9.05 Å². The second kappa shape index (κ2) is 4.56. The van der Waals surface area contributed by atoms with Crippen molar-refractivity contribution < 1.29 is 18.7 Å². The van der Waals surface area contributed by atoms with Crippen LogP contribution in [0.25, 0.3) is 0 Å². The average molecular weight is 210 g/mol. The average Bonchev–Trinajstić information content (AvgIpc) is 1.82. The fraction of sp³-hybridized carbons (Fsp3) is 1.00. The van der Waals surface area contributed by atoms with Crippen LogP contribution >= 0.6 is 7.60 Å². The minimum absolute atomic E-state index is 0.233. The smallest absolute Gasteiger partial charge is 0.361 e. The molecule has 1 atom stereocenters. The van der Waals surface area contributed by atoms with Gasteiger partial charge in [0.1, 0.15) is 0 Å². The summed E-state index contributed by atoms with van der Waals surface area (Å²) in [6.45, 7) is 8.31. The van der Waals surface area contributed by atoms with E-state index in [0.717, 1.165) is 0 Å². The van der Waals surface area contributed by atoms with Crippen molar-refractivity contribution in [1.82, 2.24) is 0 Å². The zero-order valence-electron chi connectivity index (χ0n) is 8.90. The fourth-order valence-corrected chi connectivity index (χ4v) is 2.29. The molecule has 0 bridgehead atoms. The van der Waals surface area contributed by atoms with Crippen LogP contribution in [0.1, 0.15) is 34.6 Å². The lowest BCUT2D eigenvalue weighted by atomic mass is 10.5. The Morgan fingerprint density at radius 2 is 1.92 bits per heavy atom. The SMILES string of the molecule is CCOP(=O)(OC(C)C)C(C)(C)O. The Hall–Kier alpha value is 0.110. The predicted molar refractivity (Wildman–Crippen MR) is 51.8 cm³/mol. The van der Waals surface area contributed by atoms with Gasteiger partial charge in [-0.1, -0.05) is 0 Å². The molecule has 1 unspecified atom stereocenters. The summed E-state index contributed by atoms with van der Waals surface area (Å²) in [6.07, 6.45) is -0.233. The first-order chi connectivity index (χ1) is 5.73. The van der Waals surface area contributed by atoms with Gasteiger partial charge < -0.3 is 14.2 Å². The monoisotopic (exact) mass is 210 g/mol. The number of aliphatic hydroxyl groups is 1. The summed E-state index contributed by atoms with van der Waals surface area (Å²) in [5.74, 6) is 0. The standard InChI is InChI=1S/C8H19O4P/c1-6-11-13(10,8(4,5)9)12-7(2)3/h7,9H,6H2,1-5H3. The Kier molecular flexibility index (Phi) is 4.60. The van der Waals surface area contributed by atoms with E-state index in [2.05, 4.69) is 0 Å². The summed E-state index contributed by atoms with van der Waals surface area (Å²) < 4.78 is 22.1. The first-order valence-corrected chi connectivity index (χ1v) is 5.92. The van der Waals surface area contributed by atoms with Crippen LogP contribution < -0.4 is 0 Å². The van der Waals surface area contributed by atoms with Crippen molar-refractivity contribution in [3.8, 4) is 0 Å². The molecule has 0 aromatic heterocycles. The molecule has 80 valence electrons. The highest BCUT2D eigenvalue weighted by atomic mass is 31.2. The molecule has 0 aliphatic heterocycles. The van der Waals surface area contributed by atoms with Crippen LogP contribution in [-0.2, 0) is 13.6 Å². The van der Waals surface area contributed by atoms with Gasteiger partial charge in [0.2, 0.25) is 0 Å². The topological polar surface area (TPSA) is 55.8 Å². The van der Waals surface area contributed by atoms with Crippen molar-refractivity contribution in [3.05, 3.63) is 0 Å². The number of hydrogen-bond donors (Lipinski definition) is 1. The molecule has 0 aliphatic carbocycles. The van der Waals surface area contributed by atoms with Crippen LogP contribution in [0.15, 0.2) is 0 Å². The molecule has 4 nitrogen and oxygen atoms in total. The summed E-state index contributed by atoms with van der Waals surface area (Å²) in [4.78, 5) is 0. The molecular formula is C8H19O4P. The summed E-state index contributed by atoms with van der Waals surface area (Å²) in [5.41, 5.74) is 0. The molecule has 0 heterocycles. The van der Waals surface area contributed by atoms with Crippen LogP contribution in [0.2, 0.25) is 0 Å². The second-order valence-corrected chi connectivity index (χ2v) is 6.12. The van der Waals surface area contributed by atoms with E-state index in [-0.39, 0.29) is 12.7 Å². The van der Waals surface area contributed by atoms with Crippen LogP contribution in [0.5, 0.6) is 0 Å². The van der Waals surface area contributed by atoms with Gasteiger partial charge in [-0.2, -0.15) is 0 Å². The Morgan fingerprint density at radius 3 is 2.15 bits per heavy atom. The second-order valence-electron chi connectivity index (χ2n) is 3.56. The van der Waals surface area contributed by atoms with Crippen molar-refractivity contribution in [1.29, 1.82) is 0 Å². The minimum atomic E-state index is -3.40. The van der Waals surface area contributed by atoms with Crippen molar-refractivity contribution in [2.45, 2.75) is 46.1 Å². The normalized spacial score (nSPS) is 17.5. The largest absolute Gasteiger partial charge is 0.378 e. The van der Waals surface area contributed by atoms with Crippen LogP contribution in [-0.4, -0.2) is 23.2 Å². The molecular weight excluding hydrogens is 191 g/mol. The van der Waals surface area contributed by atoms with E-state index in [1.807, 2.05) is 0 Å². The Labute approximate surface area is 79.8 Å². The van der Waals surface area contributed by atoms with Crippen molar-refractivity contribution in [2.75, 3.05) is 6.61 Å². The van der Waals surface area contributed by atoms with Gasteiger partial charge in [0.25, 0.3) is 0 Å². The third-order valence-electron chi connectivity index (χ3n) is 1.32. The highest BCUT2D eigenvalue weighted by Crippen LogP contribution is 2.59. The Morgan fingerprint density at radius 1 is 1.46 bits per heavy atom. The Balaban J connectivity index is 4.64. The Bertz CT molecular complexity index is 195. The summed E-state index contributed by atoms with van der Waals surface area (Å²) in [5, 5.41) is 8.15. The molecule has 0 aromatic carbocycles. The molecule has 0 aliphatic rings. The molecule has 5 heteroatoms. The van der Waals surface area contributed by atoms with Gasteiger partial charge in [0.05, 0.1) is 12.7 Å². The molecule has 0 fully saturated rings. The van der Waals surface area contributed by atoms with E-state index in [1.165, 1.54) is 13.8 Å². The van der Waals surface area contributed by atoms with Gasteiger partial charge in [-0.05, 0) is 34.6 Å². The van der Waals surface area contributed by atoms with Gasteiger partial charge in [-0.25, -0.2) is 0 Å². The highest BCUT2D eigenvalue weighted by Gasteiger charge is 2.42. The van der Waals surface area contributed by atoms with Crippen molar-refractivity contribution in [3.63, 3.8) is 0 Å². The predicted octanol–water partition coefficient (Wildman–Crippen LogP) is 2.37. The molecule has 0 spiro atoms. The lowest BCUT2D eigenvalue weighted by molar-refractivity contribution is 0.0797. The van der Waals surface area contributed by atoms with Crippen LogP contribution in [0, 0.1) is 0 Å². The summed E-state index contributed by atoms with van der Waals surface area (Å²) in [6, 6.07) is 0. The molecule has 0 aromatic rings. The molecule has 0 radical (unpaired) electrons. The number of rotatable bonds is 5. The molecule has 13 heavy (non-hydrogen) atoms. The van der Waals surface area contributed by atoms with E-state index in [9.17, 15) is 9.67 Å². The first-order valence-electron chi connectivity index (χ1n) is 4.38. The van der Waals surface area contributed by atoms with Crippen LogP contribution in [0.3, 0.4) is 0 Å². The highest BCUT2D eigenvalue weighted by molar-refractivity contribution is 7.55. The lowest BCUT2D eigenvalue weighted by Crippen LogP contribution is -2.24. The lowest BCUT2D eigenvalue weighted by Gasteiger charge is -2.29. The molecule has 0 amide bonds. The molecule has 0 rings (SSSR count). The van der Waals surface area contributed by atoms with Gasteiger partial charge in [-0.15, -0.1) is 0 Å². The summed E-state index contributed by atoms with van der Waals surface area (Å²) in [7, 11) is -3.40. The van der Waals surface area contributed by atoms with Gasteiger partial charge in [0, 0.05) is 0 Å². The number of hydrogen-bond acceptors (Lipinski definition) is 4. The molecule has 0 saturated heterocycles. The van der Waals surface area contributed by atoms with E-state index >= 15 is 0 Å². The molecule has 0 saturated carbocycles. The van der Waals surface area contributed by atoms with E-state index in [0.29, 0.717) is 0 Å². The van der Waals surface area contributed by atoms with Crippen molar-refractivity contribution >= 4 is 7.60 Å². The van der Waals surface area contributed by atoms with Crippen molar-refractivity contribution in [2.24, 2.45) is 0 Å². The zero-order chi connectivity index (χ0) is 10.7. The first kappa shape index (κ1) is 13.1. The van der Waals surface area contributed by atoms with E-state index in [1.54, 1.807) is 20.8 Å². The zero-order valence-corrected chi connectivity index (χ0v) is 9.80. The van der Waals surface area contributed by atoms with Gasteiger partial charge >= 0.3 is 7.60 Å². The third-order valence-corrected chi connectivity index (χ3v) is 3.96. The van der Waals surface area contributed by atoms with E-state index < -0.39 is 12.9 Å². The third kappa shape index (κ3) is 3.77. The minimum Gasteiger partial charge on any atom is -0.378 e. The summed E-state index contributed by atoms with van der Waals surface area (Å²) >= 11 is 0. The quantitative estimate of drug-likeness (QED) is 0.708. The van der Waals surface area contributed by atoms with Gasteiger partial charge in [-0.3, -0.25) is 4.57 Å². The molecule has 1 N–H and O–H groups in total. The van der Waals surface area contributed by atoms with Crippen LogP contribution in [0.4, 0.5) is 0 Å². The maximum Gasteiger partial charge on any atom is 0.361 e. The fourth-order valence-electron chi connectivity index (χ4n) is 0.765. The van der Waals surface area contributed by atoms with Gasteiger partial charge in [0.15, 0.2) is 5.34 Å². The maximum atomic E-state index is 12.0. The maximum absolute atomic E-state index is 12.0.